The SMILES string of the molecule is CCOC(=O)c1cc(NC(=O)C2(OCC)CCCCC2)ccc1OC. The van der Waals surface area contributed by atoms with Crippen molar-refractivity contribution in [2.45, 2.75) is 51.6 Å². The molecule has 6 nitrogen and oxygen atoms in total. The average molecular weight is 349 g/mol. The highest BCUT2D eigenvalue weighted by molar-refractivity contribution is 5.99. The summed E-state index contributed by atoms with van der Waals surface area (Å²) in [4.78, 5) is 24.9. The van der Waals surface area contributed by atoms with Crippen molar-refractivity contribution >= 4 is 17.6 Å². The smallest absolute Gasteiger partial charge is 0.341 e. The molecule has 0 saturated heterocycles. The van der Waals surface area contributed by atoms with E-state index in [-0.39, 0.29) is 18.1 Å². The summed E-state index contributed by atoms with van der Waals surface area (Å²) >= 11 is 0. The van der Waals surface area contributed by atoms with E-state index >= 15 is 0 Å². The zero-order chi connectivity index (χ0) is 18.3. The van der Waals surface area contributed by atoms with Crippen LogP contribution in [0.1, 0.15) is 56.3 Å². The van der Waals surface area contributed by atoms with Crippen molar-refractivity contribution in [3.05, 3.63) is 23.8 Å². The molecule has 1 aliphatic rings. The summed E-state index contributed by atoms with van der Waals surface area (Å²) in [6.45, 7) is 4.40. The van der Waals surface area contributed by atoms with Crippen LogP contribution >= 0.6 is 0 Å². The number of esters is 1. The standard InChI is InChI=1S/C19H27NO5/c1-4-24-17(21)15-13-14(9-10-16(15)23-3)20-18(22)19(25-5-2)11-7-6-8-12-19/h9-10,13H,4-8,11-12H2,1-3H3,(H,20,22). The highest BCUT2D eigenvalue weighted by Crippen LogP contribution is 2.33. The van der Waals surface area contributed by atoms with Crippen molar-refractivity contribution in [3.8, 4) is 5.75 Å². The number of benzene rings is 1. The second kappa shape index (κ2) is 8.85. The normalized spacial score (nSPS) is 16.1. The van der Waals surface area contributed by atoms with Gasteiger partial charge < -0.3 is 19.5 Å². The molecule has 6 heteroatoms. The lowest BCUT2D eigenvalue weighted by Gasteiger charge is -2.35. The maximum atomic E-state index is 12.9. The first-order valence-electron chi connectivity index (χ1n) is 8.87. The van der Waals surface area contributed by atoms with Crippen LogP contribution in [0.4, 0.5) is 5.69 Å². The van der Waals surface area contributed by atoms with Gasteiger partial charge in [-0.25, -0.2) is 4.79 Å². The Balaban J connectivity index is 2.22. The van der Waals surface area contributed by atoms with Crippen LogP contribution in [0.15, 0.2) is 18.2 Å². The Kier molecular flexibility index (Phi) is 6.82. The van der Waals surface area contributed by atoms with Crippen LogP contribution in [-0.4, -0.2) is 37.8 Å². The van der Waals surface area contributed by atoms with Crippen LogP contribution in [0.2, 0.25) is 0 Å². The molecule has 0 bridgehead atoms. The molecule has 0 spiro atoms. The minimum absolute atomic E-state index is 0.158. The molecular formula is C19H27NO5. The fourth-order valence-corrected chi connectivity index (χ4v) is 3.24. The number of methoxy groups -OCH3 is 1. The summed E-state index contributed by atoms with van der Waals surface area (Å²) in [6, 6.07) is 4.94. The molecular weight excluding hydrogens is 322 g/mol. The van der Waals surface area contributed by atoms with Gasteiger partial charge in [-0.3, -0.25) is 4.79 Å². The zero-order valence-corrected chi connectivity index (χ0v) is 15.2. The molecule has 2 rings (SSSR count). The molecule has 1 fully saturated rings. The Morgan fingerprint density at radius 3 is 2.44 bits per heavy atom. The van der Waals surface area contributed by atoms with Gasteiger partial charge in [0.05, 0.1) is 13.7 Å². The summed E-state index contributed by atoms with van der Waals surface area (Å²) in [7, 11) is 1.49. The maximum Gasteiger partial charge on any atom is 0.341 e. The van der Waals surface area contributed by atoms with Gasteiger partial charge in [0.2, 0.25) is 0 Å². The molecule has 0 radical (unpaired) electrons. The number of nitrogens with one attached hydrogen (secondary N) is 1. The fraction of sp³-hybridized carbons (Fsp3) is 0.579. The Labute approximate surface area is 148 Å². The van der Waals surface area contributed by atoms with Gasteiger partial charge in [-0.2, -0.15) is 0 Å². The van der Waals surface area contributed by atoms with Gasteiger partial charge in [0.25, 0.3) is 5.91 Å². The predicted molar refractivity (Wildman–Crippen MR) is 95.0 cm³/mol. The van der Waals surface area contributed by atoms with Gasteiger partial charge >= 0.3 is 5.97 Å². The highest BCUT2D eigenvalue weighted by Gasteiger charge is 2.40. The van der Waals surface area contributed by atoms with E-state index in [1.807, 2.05) is 6.92 Å². The highest BCUT2D eigenvalue weighted by atomic mass is 16.5. The predicted octanol–water partition coefficient (Wildman–Crippen LogP) is 3.55. The second-order valence-corrected chi connectivity index (χ2v) is 6.08. The Hall–Kier alpha value is -2.08. The Bertz CT molecular complexity index is 602. The van der Waals surface area contributed by atoms with Crippen molar-refractivity contribution in [3.63, 3.8) is 0 Å². The van der Waals surface area contributed by atoms with E-state index in [4.69, 9.17) is 14.2 Å². The summed E-state index contributed by atoms with van der Waals surface area (Å²) < 4.78 is 16.1. The quantitative estimate of drug-likeness (QED) is 0.762. The molecule has 0 aliphatic heterocycles. The van der Waals surface area contributed by atoms with Crippen LogP contribution in [-0.2, 0) is 14.3 Å². The topological polar surface area (TPSA) is 73.9 Å². The van der Waals surface area contributed by atoms with Gasteiger partial charge in [0.15, 0.2) is 0 Å². The van der Waals surface area contributed by atoms with Gasteiger partial charge in [0, 0.05) is 12.3 Å². The summed E-state index contributed by atoms with van der Waals surface area (Å²) in [5.74, 6) is -0.227. The molecule has 1 amide bonds. The molecule has 1 aliphatic carbocycles. The van der Waals surface area contributed by atoms with Crippen LogP contribution in [0, 0.1) is 0 Å². The van der Waals surface area contributed by atoms with Crippen molar-refractivity contribution in [2.24, 2.45) is 0 Å². The lowest BCUT2D eigenvalue weighted by Crippen LogP contribution is -2.47. The van der Waals surface area contributed by atoms with Crippen LogP contribution in [0.3, 0.4) is 0 Å². The molecule has 1 aromatic rings. The number of ether oxygens (including phenoxy) is 3. The minimum atomic E-state index is -0.781. The van der Waals surface area contributed by atoms with E-state index < -0.39 is 11.6 Å². The first kappa shape index (κ1) is 19.2. The van der Waals surface area contributed by atoms with E-state index in [0.717, 1.165) is 19.3 Å². The molecule has 0 atom stereocenters. The molecule has 0 unspecified atom stereocenters. The lowest BCUT2D eigenvalue weighted by atomic mass is 9.83. The number of carbonyl (C=O) groups excluding carboxylic acids is 2. The largest absolute Gasteiger partial charge is 0.496 e. The van der Waals surface area contributed by atoms with Gasteiger partial charge in [-0.15, -0.1) is 0 Å². The third-order valence-corrected chi connectivity index (χ3v) is 4.45. The molecule has 138 valence electrons. The Morgan fingerprint density at radius 1 is 1.12 bits per heavy atom. The molecule has 0 heterocycles. The van der Waals surface area contributed by atoms with Crippen molar-refractivity contribution in [1.82, 2.24) is 0 Å². The van der Waals surface area contributed by atoms with Crippen LogP contribution in [0.5, 0.6) is 5.75 Å². The molecule has 25 heavy (non-hydrogen) atoms. The van der Waals surface area contributed by atoms with Gasteiger partial charge in [-0.05, 0) is 44.9 Å². The molecule has 0 aromatic heterocycles. The van der Waals surface area contributed by atoms with Crippen LogP contribution < -0.4 is 10.1 Å². The molecule has 1 N–H and O–H groups in total. The number of hydrogen-bond donors (Lipinski definition) is 1. The first-order chi connectivity index (χ1) is 12.1. The van der Waals surface area contributed by atoms with E-state index in [2.05, 4.69) is 5.32 Å². The van der Waals surface area contributed by atoms with Crippen molar-refractivity contribution < 1.29 is 23.8 Å². The third kappa shape index (κ3) is 4.51. The number of anilines is 1. The fourth-order valence-electron chi connectivity index (χ4n) is 3.24. The van der Waals surface area contributed by atoms with Crippen molar-refractivity contribution in [1.29, 1.82) is 0 Å². The van der Waals surface area contributed by atoms with Gasteiger partial charge in [-0.1, -0.05) is 19.3 Å². The zero-order valence-electron chi connectivity index (χ0n) is 15.2. The lowest BCUT2D eigenvalue weighted by molar-refractivity contribution is -0.145. The maximum absolute atomic E-state index is 12.9. The van der Waals surface area contributed by atoms with E-state index in [9.17, 15) is 9.59 Å². The molecule has 1 saturated carbocycles. The summed E-state index contributed by atoms with van der Waals surface area (Å²) in [5.41, 5.74) is 0.0339. The average Bonchev–Trinajstić information content (AvgIpc) is 2.63. The third-order valence-electron chi connectivity index (χ3n) is 4.45. The number of rotatable bonds is 7. The Morgan fingerprint density at radius 2 is 1.84 bits per heavy atom. The monoisotopic (exact) mass is 349 g/mol. The van der Waals surface area contributed by atoms with Crippen molar-refractivity contribution in [2.75, 3.05) is 25.6 Å². The van der Waals surface area contributed by atoms with E-state index in [1.54, 1.807) is 25.1 Å². The van der Waals surface area contributed by atoms with E-state index in [0.29, 0.717) is 30.9 Å². The number of hydrogen-bond acceptors (Lipinski definition) is 5. The first-order valence-corrected chi connectivity index (χ1v) is 8.87. The van der Waals surface area contributed by atoms with Crippen LogP contribution in [0.25, 0.3) is 0 Å². The molecule has 1 aromatic carbocycles. The summed E-state index contributed by atoms with van der Waals surface area (Å²) in [6.07, 6.45) is 4.51. The van der Waals surface area contributed by atoms with E-state index in [1.165, 1.54) is 7.11 Å². The number of carbonyl (C=O) groups is 2. The van der Waals surface area contributed by atoms with Gasteiger partial charge in [0.1, 0.15) is 16.9 Å². The minimum Gasteiger partial charge on any atom is -0.496 e. The second-order valence-electron chi connectivity index (χ2n) is 6.08. The summed E-state index contributed by atoms with van der Waals surface area (Å²) in [5, 5.41) is 2.90. The number of amides is 1.